The van der Waals surface area contributed by atoms with Crippen LogP contribution in [0.2, 0.25) is 0 Å². The molecule has 0 aromatic rings. The molecule has 0 spiro atoms. The van der Waals surface area contributed by atoms with E-state index in [2.05, 4.69) is 27.7 Å². The maximum absolute atomic E-state index is 5.74. The minimum atomic E-state index is 0.0425. The average molecular weight is 215 g/mol. The number of nitrogens with two attached hydrogens (primary N) is 1. The molecule has 0 fully saturated rings. The summed E-state index contributed by atoms with van der Waals surface area (Å²) >= 11 is 0. The van der Waals surface area contributed by atoms with Gasteiger partial charge in [-0.05, 0) is 46.0 Å². The summed E-state index contributed by atoms with van der Waals surface area (Å²) in [6.07, 6.45) is 6.09. The van der Waals surface area contributed by atoms with Gasteiger partial charge in [0.1, 0.15) is 0 Å². The number of hydrogen-bond acceptors (Lipinski definition) is 2. The summed E-state index contributed by atoms with van der Waals surface area (Å²) in [5.74, 6) is 0.795. The van der Waals surface area contributed by atoms with Crippen molar-refractivity contribution in [3.8, 4) is 0 Å². The predicted molar refractivity (Wildman–Crippen MR) is 67.0 cm³/mol. The molecule has 0 bridgehead atoms. The second-order valence-electron chi connectivity index (χ2n) is 5.52. The van der Waals surface area contributed by atoms with E-state index in [1.807, 2.05) is 0 Å². The van der Waals surface area contributed by atoms with Crippen molar-refractivity contribution in [3.05, 3.63) is 0 Å². The fourth-order valence-corrected chi connectivity index (χ4v) is 1.67. The fraction of sp³-hybridized carbons (Fsp3) is 1.00. The lowest BCUT2D eigenvalue weighted by atomic mass is 9.93. The van der Waals surface area contributed by atoms with Crippen LogP contribution in [-0.4, -0.2) is 18.8 Å². The normalized spacial score (nSPS) is 16.4. The zero-order chi connectivity index (χ0) is 11.9. The third-order valence-corrected chi connectivity index (χ3v) is 3.14. The van der Waals surface area contributed by atoms with Crippen molar-refractivity contribution in [2.45, 2.75) is 71.4 Å². The molecule has 0 saturated carbocycles. The summed E-state index contributed by atoms with van der Waals surface area (Å²) in [7, 11) is 1.79. The van der Waals surface area contributed by atoms with Crippen LogP contribution in [0.5, 0.6) is 0 Å². The van der Waals surface area contributed by atoms with Crippen molar-refractivity contribution in [1.29, 1.82) is 0 Å². The minimum Gasteiger partial charge on any atom is -0.379 e. The second-order valence-corrected chi connectivity index (χ2v) is 5.52. The molecule has 2 atom stereocenters. The molecule has 0 aromatic carbocycles. The van der Waals surface area contributed by atoms with Crippen LogP contribution in [0.25, 0.3) is 0 Å². The van der Waals surface area contributed by atoms with Crippen LogP contribution in [0, 0.1) is 5.92 Å². The summed E-state index contributed by atoms with van der Waals surface area (Å²) in [6.45, 7) is 8.71. The van der Waals surface area contributed by atoms with E-state index in [-0.39, 0.29) is 5.60 Å². The molecule has 0 radical (unpaired) electrons. The Morgan fingerprint density at radius 1 is 1.13 bits per heavy atom. The first-order valence-corrected chi connectivity index (χ1v) is 6.18. The summed E-state index contributed by atoms with van der Waals surface area (Å²) in [5, 5.41) is 0. The Labute approximate surface area is 95.6 Å². The van der Waals surface area contributed by atoms with Crippen molar-refractivity contribution < 1.29 is 4.74 Å². The number of rotatable bonds is 8. The topological polar surface area (TPSA) is 35.2 Å². The van der Waals surface area contributed by atoms with Gasteiger partial charge in [0.05, 0.1) is 5.60 Å². The Hall–Kier alpha value is -0.0800. The van der Waals surface area contributed by atoms with Gasteiger partial charge in [-0.1, -0.05) is 19.8 Å². The first kappa shape index (κ1) is 14.9. The Kier molecular flexibility index (Phi) is 7.20. The van der Waals surface area contributed by atoms with Gasteiger partial charge >= 0.3 is 0 Å². The highest BCUT2D eigenvalue weighted by atomic mass is 16.5. The lowest BCUT2D eigenvalue weighted by molar-refractivity contribution is 0.0127. The van der Waals surface area contributed by atoms with Crippen molar-refractivity contribution >= 4 is 0 Å². The smallest absolute Gasteiger partial charge is 0.0622 e. The Morgan fingerprint density at radius 3 is 2.20 bits per heavy atom. The van der Waals surface area contributed by atoms with E-state index in [4.69, 9.17) is 10.5 Å². The zero-order valence-corrected chi connectivity index (χ0v) is 11.2. The van der Waals surface area contributed by atoms with E-state index in [1.165, 1.54) is 19.3 Å². The molecule has 92 valence electrons. The molecule has 0 aliphatic rings. The fourth-order valence-electron chi connectivity index (χ4n) is 1.67. The Morgan fingerprint density at radius 2 is 1.73 bits per heavy atom. The van der Waals surface area contributed by atoms with E-state index in [0.717, 1.165) is 18.8 Å². The quantitative estimate of drug-likeness (QED) is 0.674. The van der Waals surface area contributed by atoms with Gasteiger partial charge < -0.3 is 10.5 Å². The maximum Gasteiger partial charge on any atom is 0.0622 e. The highest BCUT2D eigenvalue weighted by Crippen LogP contribution is 2.21. The van der Waals surface area contributed by atoms with Gasteiger partial charge in [0.25, 0.3) is 0 Å². The molecule has 0 aliphatic heterocycles. The molecule has 0 aliphatic carbocycles. The van der Waals surface area contributed by atoms with Crippen LogP contribution >= 0.6 is 0 Å². The standard InChI is InChI=1S/C13H29NO/c1-11(8-9-12(2)14)7-6-10-13(3,4)15-5/h11-12H,6-10,14H2,1-5H3. The van der Waals surface area contributed by atoms with Crippen molar-refractivity contribution in [2.75, 3.05) is 7.11 Å². The predicted octanol–water partition coefficient (Wildman–Crippen LogP) is 3.35. The van der Waals surface area contributed by atoms with Crippen molar-refractivity contribution in [2.24, 2.45) is 11.7 Å². The molecule has 2 heteroatoms. The van der Waals surface area contributed by atoms with Gasteiger partial charge in [-0.25, -0.2) is 0 Å². The van der Waals surface area contributed by atoms with Crippen LogP contribution in [0.4, 0.5) is 0 Å². The van der Waals surface area contributed by atoms with E-state index in [1.54, 1.807) is 7.11 Å². The molecule has 0 saturated heterocycles. The van der Waals surface area contributed by atoms with Crippen LogP contribution in [-0.2, 0) is 4.74 Å². The highest BCUT2D eigenvalue weighted by molar-refractivity contribution is 4.68. The molecule has 2 N–H and O–H groups in total. The van der Waals surface area contributed by atoms with Crippen molar-refractivity contribution in [1.82, 2.24) is 0 Å². The van der Waals surface area contributed by atoms with Gasteiger partial charge in [-0.3, -0.25) is 0 Å². The summed E-state index contributed by atoms with van der Waals surface area (Å²) in [4.78, 5) is 0. The van der Waals surface area contributed by atoms with E-state index in [9.17, 15) is 0 Å². The Balaban J connectivity index is 3.50. The van der Waals surface area contributed by atoms with E-state index in [0.29, 0.717) is 6.04 Å². The molecule has 0 rings (SSSR count). The third-order valence-electron chi connectivity index (χ3n) is 3.14. The van der Waals surface area contributed by atoms with Gasteiger partial charge in [-0.2, -0.15) is 0 Å². The zero-order valence-electron chi connectivity index (χ0n) is 11.2. The molecular formula is C13H29NO. The SMILES string of the molecule is COC(C)(C)CCCC(C)CCC(C)N. The molecule has 0 amide bonds. The molecule has 0 aromatic heterocycles. The van der Waals surface area contributed by atoms with Gasteiger partial charge in [0, 0.05) is 13.2 Å². The first-order chi connectivity index (χ1) is 6.87. The lowest BCUT2D eigenvalue weighted by Gasteiger charge is -2.23. The lowest BCUT2D eigenvalue weighted by Crippen LogP contribution is -2.22. The third kappa shape index (κ3) is 8.88. The average Bonchev–Trinajstić information content (AvgIpc) is 2.14. The summed E-state index contributed by atoms with van der Waals surface area (Å²) < 4.78 is 5.40. The van der Waals surface area contributed by atoms with Crippen LogP contribution < -0.4 is 5.73 Å². The monoisotopic (exact) mass is 215 g/mol. The van der Waals surface area contributed by atoms with Crippen LogP contribution in [0.15, 0.2) is 0 Å². The summed E-state index contributed by atoms with van der Waals surface area (Å²) in [5.41, 5.74) is 5.78. The minimum absolute atomic E-state index is 0.0425. The number of methoxy groups -OCH3 is 1. The molecular weight excluding hydrogens is 186 g/mol. The number of ether oxygens (including phenoxy) is 1. The molecule has 2 unspecified atom stereocenters. The van der Waals surface area contributed by atoms with Gasteiger partial charge in [0.15, 0.2) is 0 Å². The molecule has 15 heavy (non-hydrogen) atoms. The first-order valence-electron chi connectivity index (χ1n) is 6.18. The van der Waals surface area contributed by atoms with E-state index < -0.39 is 0 Å². The van der Waals surface area contributed by atoms with Gasteiger partial charge in [-0.15, -0.1) is 0 Å². The second kappa shape index (κ2) is 7.24. The summed E-state index contributed by atoms with van der Waals surface area (Å²) in [6, 6.07) is 0.350. The molecule has 2 nitrogen and oxygen atoms in total. The highest BCUT2D eigenvalue weighted by Gasteiger charge is 2.16. The number of hydrogen-bond donors (Lipinski definition) is 1. The maximum atomic E-state index is 5.74. The van der Waals surface area contributed by atoms with Crippen LogP contribution in [0.1, 0.15) is 59.8 Å². The largest absolute Gasteiger partial charge is 0.379 e. The Bertz CT molecular complexity index is 155. The van der Waals surface area contributed by atoms with Crippen LogP contribution in [0.3, 0.4) is 0 Å². The van der Waals surface area contributed by atoms with E-state index >= 15 is 0 Å². The molecule has 0 heterocycles. The van der Waals surface area contributed by atoms with Gasteiger partial charge in [0.2, 0.25) is 0 Å². The van der Waals surface area contributed by atoms with Crippen molar-refractivity contribution in [3.63, 3.8) is 0 Å².